The summed E-state index contributed by atoms with van der Waals surface area (Å²) < 4.78 is 1.20. The summed E-state index contributed by atoms with van der Waals surface area (Å²) in [5, 5.41) is 25.0. The Labute approximate surface area is 496 Å². The standard InChI is InChI=1S/C39H24O.C32H21Br.C7H7BO3/c40-24-25-18-20-26(21-19-25)29-22-23-34-37-30(29)16-9-17-33(37)38-35(27-10-3-1-4-11-27)31-14-7-8-15-32(31)36(39(34)38)28-12-5-2-6-13-28;33-27-19-18-26-30-24(27)16-9-17-25(30)31-28(20-10-3-1-4-11-20)22-14-7-8-15-23(22)29(32(26)31)21-12-5-2-6-13-21;9-5-6-1-3-7(4-2-6)8(10)11/h1-24H;1-19,25,30H;1-5,10-11H. The molecule has 0 saturated carbocycles. The highest BCUT2D eigenvalue weighted by Crippen LogP contribution is 2.62. The fraction of sp³-hybridized carbons (Fsp3) is 0.0256. The zero-order valence-electron chi connectivity index (χ0n) is 45.5. The maximum Gasteiger partial charge on any atom is 0.488 e. The zero-order valence-corrected chi connectivity index (χ0v) is 47.1. The quantitative estimate of drug-likeness (QED) is 0.117. The molecule has 84 heavy (non-hydrogen) atoms. The summed E-state index contributed by atoms with van der Waals surface area (Å²) in [5.41, 5.74) is 25.1. The van der Waals surface area contributed by atoms with E-state index in [2.05, 4.69) is 259 Å². The van der Waals surface area contributed by atoms with Crippen molar-refractivity contribution >= 4 is 79.0 Å². The van der Waals surface area contributed by atoms with Crippen molar-refractivity contribution in [2.24, 2.45) is 5.92 Å². The molecule has 2 unspecified atom stereocenters. The highest BCUT2D eigenvalue weighted by atomic mass is 79.9. The molecule has 0 saturated heterocycles. The second kappa shape index (κ2) is 22.2. The largest absolute Gasteiger partial charge is 0.488 e. The fourth-order valence-corrected chi connectivity index (χ4v) is 13.9. The van der Waals surface area contributed by atoms with Gasteiger partial charge in [0.1, 0.15) is 12.6 Å². The summed E-state index contributed by atoms with van der Waals surface area (Å²) in [5.74, 6) is 0.681. The van der Waals surface area contributed by atoms with E-state index in [1.54, 1.807) is 0 Å². The number of carbonyl (C=O) groups is 2. The summed E-state index contributed by atoms with van der Waals surface area (Å²) in [7, 11) is -1.46. The SMILES string of the molecule is BrC1=CC=C2c3c(c(-c4ccccc4)c4ccccc4c3-c3ccccc3)C3C=CC=C1C23.O=Cc1ccc(-c2ccc3c4c(cccc24)-c2c-3c(-c3ccccc3)c3ccccc3c2-c2ccccc2)cc1.O=Cc1ccc(B(O)O)cc1. The van der Waals surface area contributed by atoms with Gasteiger partial charge in [-0.25, -0.2) is 0 Å². The summed E-state index contributed by atoms with van der Waals surface area (Å²) >= 11 is 3.84. The van der Waals surface area contributed by atoms with Crippen LogP contribution >= 0.6 is 15.9 Å². The molecule has 0 fully saturated rings. The van der Waals surface area contributed by atoms with E-state index in [0.717, 1.165) is 11.8 Å². The Hall–Kier alpha value is -9.82. The monoisotopic (exact) mass is 1140 g/mol. The first-order valence-electron chi connectivity index (χ1n) is 28.3. The van der Waals surface area contributed by atoms with Crippen LogP contribution in [0.4, 0.5) is 0 Å². The van der Waals surface area contributed by atoms with Gasteiger partial charge in [-0.05, 0) is 144 Å². The van der Waals surface area contributed by atoms with Gasteiger partial charge in [-0.2, -0.15) is 0 Å². The highest BCUT2D eigenvalue weighted by molar-refractivity contribution is 9.12. The van der Waals surface area contributed by atoms with Crippen LogP contribution in [-0.4, -0.2) is 29.7 Å². The molecule has 0 aromatic heterocycles. The molecule has 2 atom stereocenters. The Morgan fingerprint density at radius 3 is 1.29 bits per heavy atom. The molecule has 4 aliphatic rings. The minimum atomic E-state index is -1.46. The van der Waals surface area contributed by atoms with E-state index >= 15 is 0 Å². The van der Waals surface area contributed by atoms with E-state index in [1.807, 2.05) is 12.1 Å². The van der Waals surface area contributed by atoms with Gasteiger partial charge in [-0.1, -0.05) is 289 Å². The number of aldehydes is 2. The number of hydrogen-bond donors (Lipinski definition) is 2. The molecule has 0 aliphatic heterocycles. The van der Waals surface area contributed by atoms with Crippen LogP contribution in [0, 0.1) is 5.92 Å². The Kier molecular flexibility index (Phi) is 13.8. The van der Waals surface area contributed by atoms with E-state index in [-0.39, 0.29) is 0 Å². The fourth-order valence-electron chi connectivity index (χ4n) is 13.4. The van der Waals surface area contributed by atoms with Crippen molar-refractivity contribution in [3.8, 4) is 77.9 Å². The van der Waals surface area contributed by atoms with E-state index < -0.39 is 7.12 Å². The normalized spacial score (nSPS) is 14.6. The molecule has 6 heteroatoms. The van der Waals surface area contributed by atoms with Crippen LogP contribution in [0.25, 0.3) is 116 Å². The number of halogens is 1. The Balaban J connectivity index is 0.000000128. The third kappa shape index (κ3) is 8.95. The van der Waals surface area contributed by atoms with E-state index in [4.69, 9.17) is 10.0 Å². The maximum atomic E-state index is 11.3. The lowest BCUT2D eigenvalue weighted by atomic mass is 9.77. The molecular weight excluding hydrogens is 1090 g/mol. The molecule has 12 aromatic rings. The first-order valence-corrected chi connectivity index (χ1v) is 29.1. The third-order valence-corrected chi connectivity index (χ3v) is 17.7. The van der Waals surface area contributed by atoms with Crippen LogP contribution in [0.5, 0.6) is 0 Å². The van der Waals surface area contributed by atoms with Crippen LogP contribution in [0.15, 0.2) is 289 Å². The smallest absolute Gasteiger partial charge is 0.423 e. The van der Waals surface area contributed by atoms with Crippen LogP contribution in [0.3, 0.4) is 0 Å². The van der Waals surface area contributed by atoms with Gasteiger partial charge in [0, 0.05) is 27.4 Å². The maximum absolute atomic E-state index is 11.3. The number of hydrogen-bond acceptors (Lipinski definition) is 4. The summed E-state index contributed by atoms with van der Waals surface area (Å²) in [6.07, 6.45) is 13.1. The molecule has 0 spiro atoms. The lowest BCUT2D eigenvalue weighted by Crippen LogP contribution is -2.29. The van der Waals surface area contributed by atoms with Crippen molar-refractivity contribution in [1.82, 2.24) is 0 Å². The van der Waals surface area contributed by atoms with Gasteiger partial charge in [0.15, 0.2) is 0 Å². The van der Waals surface area contributed by atoms with Gasteiger partial charge >= 0.3 is 7.12 Å². The minimum absolute atomic E-state index is 0.328. The molecule has 4 aliphatic carbocycles. The summed E-state index contributed by atoms with van der Waals surface area (Å²) in [6, 6.07) is 86.5. The van der Waals surface area contributed by atoms with Crippen molar-refractivity contribution in [2.75, 3.05) is 0 Å². The lowest BCUT2D eigenvalue weighted by Gasteiger charge is -2.27. The third-order valence-electron chi connectivity index (χ3n) is 17.0. The molecule has 0 amide bonds. The zero-order chi connectivity index (χ0) is 56.8. The molecule has 16 rings (SSSR count). The first kappa shape index (κ1) is 52.3. The topological polar surface area (TPSA) is 74.6 Å². The minimum Gasteiger partial charge on any atom is -0.423 e. The predicted molar refractivity (Wildman–Crippen MR) is 352 cm³/mol. The second-order valence-corrected chi connectivity index (χ2v) is 22.4. The molecule has 0 radical (unpaired) electrons. The first-order chi connectivity index (χ1) is 41.4. The molecule has 398 valence electrons. The molecule has 4 nitrogen and oxygen atoms in total. The van der Waals surface area contributed by atoms with Crippen LogP contribution in [0.2, 0.25) is 0 Å². The molecule has 0 bridgehead atoms. The van der Waals surface area contributed by atoms with Crippen molar-refractivity contribution in [1.29, 1.82) is 0 Å². The number of allylic oxidation sites excluding steroid dienone is 8. The average molecular weight is 1140 g/mol. The Morgan fingerprint density at radius 2 is 0.786 bits per heavy atom. The van der Waals surface area contributed by atoms with E-state index in [9.17, 15) is 9.59 Å². The molecule has 2 N–H and O–H groups in total. The molecule has 12 aromatic carbocycles. The van der Waals surface area contributed by atoms with E-state index in [0.29, 0.717) is 34.7 Å². The van der Waals surface area contributed by atoms with Gasteiger partial charge in [0.25, 0.3) is 0 Å². The van der Waals surface area contributed by atoms with E-state index in [1.165, 1.54) is 156 Å². The predicted octanol–water partition coefficient (Wildman–Crippen LogP) is 18.7. The lowest BCUT2D eigenvalue weighted by molar-refractivity contribution is 0.111. The molecule has 0 heterocycles. The second-order valence-electron chi connectivity index (χ2n) is 21.5. The number of rotatable bonds is 8. The van der Waals surface area contributed by atoms with Crippen molar-refractivity contribution in [3.05, 3.63) is 311 Å². The van der Waals surface area contributed by atoms with Crippen LogP contribution in [-0.2, 0) is 0 Å². The van der Waals surface area contributed by atoms with Crippen molar-refractivity contribution < 1.29 is 19.6 Å². The van der Waals surface area contributed by atoms with Gasteiger partial charge in [-0.15, -0.1) is 0 Å². The Morgan fingerprint density at radius 1 is 0.357 bits per heavy atom. The Bertz CT molecular complexity index is 4610. The van der Waals surface area contributed by atoms with Crippen LogP contribution in [0.1, 0.15) is 37.8 Å². The van der Waals surface area contributed by atoms with Gasteiger partial charge < -0.3 is 10.0 Å². The van der Waals surface area contributed by atoms with Gasteiger partial charge in [-0.3, -0.25) is 9.59 Å². The van der Waals surface area contributed by atoms with Crippen molar-refractivity contribution in [3.63, 3.8) is 0 Å². The highest BCUT2D eigenvalue weighted by Gasteiger charge is 2.44. The number of benzene rings is 12. The number of fused-ring (bicyclic) bond motifs is 8. The average Bonchev–Trinajstić information content (AvgIpc) is 1.80. The van der Waals surface area contributed by atoms with Crippen LogP contribution < -0.4 is 5.46 Å². The van der Waals surface area contributed by atoms with Gasteiger partial charge in [0.2, 0.25) is 0 Å². The summed E-state index contributed by atoms with van der Waals surface area (Å²) in [6.45, 7) is 0. The van der Waals surface area contributed by atoms with Gasteiger partial charge in [0.05, 0.1) is 0 Å². The van der Waals surface area contributed by atoms with Crippen molar-refractivity contribution in [2.45, 2.75) is 5.92 Å². The number of carbonyl (C=O) groups excluding carboxylic acids is 2. The summed E-state index contributed by atoms with van der Waals surface area (Å²) in [4.78, 5) is 21.4. The molecular formula is C78H52BBrO4.